The standard InChI is InChI=1S/C19H25NS/c1-3-11-20-17(12-15-9-7-14(2)8-10-15)19-13-16-5-4-6-18(16)21-19/h7-10,13,17,20H,3-6,11-12H2,1-2H3. The lowest BCUT2D eigenvalue weighted by Crippen LogP contribution is -2.23. The molecule has 1 aromatic heterocycles. The second kappa shape index (κ2) is 6.76. The van der Waals surface area contributed by atoms with Gasteiger partial charge >= 0.3 is 0 Å². The Morgan fingerprint density at radius 1 is 1.19 bits per heavy atom. The molecule has 112 valence electrons. The van der Waals surface area contributed by atoms with Crippen LogP contribution in [0.15, 0.2) is 30.3 Å². The van der Waals surface area contributed by atoms with Crippen molar-refractivity contribution in [1.82, 2.24) is 5.32 Å². The Kier molecular flexibility index (Phi) is 4.77. The Hall–Kier alpha value is -1.12. The van der Waals surface area contributed by atoms with Crippen LogP contribution in [0.5, 0.6) is 0 Å². The Morgan fingerprint density at radius 3 is 2.71 bits per heavy atom. The van der Waals surface area contributed by atoms with Gasteiger partial charge in [0.1, 0.15) is 0 Å². The molecule has 0 aliphatic heterocycles. The molecule has 0 saturated heterocycles. The molecule has 0 amide bonds. The van der Waals surface area contributed by atoms with Crippen molar-refractivity contribution in [3.63, 3.8) is 0 Å². The van der Waals surface area contributed by atoms with E-state index in [2.05, 4.69) is 49.5 Å². The van der Waals surface area contributed by atoms with E-state index < -0.39 is 0 Å². The van der Waals surface area contributed by atoms with Gasteiger partial charge < -0.3 is 5.32 Å². The van der Waals surface area contributed by atoms with E-state index in [0.29, 0.717) is 6.04 Å². The summed E-state index contributed by atoms with van der Waals surface area (Å²) in [7, 11) is 0. The Morgan fingerprint density at radius 2 is 2.00 bits per heavy atom. The summed E-state index contributed by atoms with van der Waals surface area (Å²) in [6.07, 6.45) is 6.23. The van der Waals surface area contributed by atoms with E-state index in [1.165, 1.54) is 41.7 Å². The Bertz CT molecular complexity index is 561. The van der Waals surface area contributed by atoms with E-state index in [1.54, 1.807) is 10.4 Å². The number of hydrogen-bond donors (Lipinski definition) is 1. The summed E-state index contributed by atoms with van der Waals surface area (Å²) in [4.78, 5) is 3.17. The average molecular weight is 299 g/mol. The zero-order valence-electron chi connectivity index (χ0n) is 13.1. The number of nitrogens with one attached hydrogen (secondary N) is 1. The van der Waals surface area contributed by atoms with Crippen LogP contribution in [-0.2, 0) is 19.3 Å². The van der Waals surface area contributed by atoms with Crippen molar-refractivity contribution in [3.05, 3.63) is 56.8 Å². The van der Waals surface area contributed by atoms with Crippen molar-refractivity contribution in [2.45, 2.75) is 52.0 Å². The van der Waals surface area contributed by atoms with E-state index in [0.717, 1.165) is 13.0 Å². The molecule has 1 nitrogen and oxygen atoms in total. The molecule has 1 aliphatic rings. The summed E-state index contributed by atoms with van der Waals surface area (Å²) in [5.74, 6) is 0. The molecule has 0 saturated carbocycles. The van der Waals surface area contributed by atoms with Crippen molar-refractivity contribution in [2.24, 2.45) is 0 Å². The van der Waals surface area contributed by atoms with Crippen LogP contribution in [0.2, 0.25) is 0 Å². The molecule has 0 fully saturated rings. The fourth-order valence-electron chi connectivity index (χ4n) is 3.08. The molecule has 0 radical (unpaired) electrons. The van der Waals surface area contributed by atoms with Gasteiger partial charge in [-0.25, -0.2) is 0 Å². The van der Waals surface area contributed by atoms with E-state index in [-0.39, 0.29) is 0 Å². The maximum atomic E-state index is 3.75. The van der Waals surface area contributed by atoms with Crippen LogP contribution < -0.4 is 5.32 Å². The van der Waals surface area contributed by atoms with Gasteiger partial charge in [-0.3, -0.25) is 0 Å². The minimum atomic E-state index is 0.475. The Labute approximate surface area is 132 Å². The molecule has 1 heterocycles. The maximum absolute atomic E-state index is 3.75. The highest BCUT2D eigenvalue weighted by Gasteiger charge is 2.20. The monoisotopic (exact) mass is 299 g/mol. The van der Waals surface area contributed by atoms with Crippen LogP contribution >= 0.6 is 11.3 Å². The highest BCUT2D eigenvalue weighted by Crippen LogP contribution is 2.34. The number of rotatable bonds is 6. The summed E-state index contributed by atoms with van der Waals surface area (Å²) in [5, 5.41) is 3.75. The van der Waals surface area contributed by atoms with Gasteiger partial charge in [0.2, 0.25) is 0 Å². The maximum Gasteiger partial charge on any atom is 0.0455 e. The first-order valence-electron chi connectivity index (χ1n) is 8.16. The van der Waals surface area contributed by atoms with Gasteiger partial charge in [0.05, 0.1) is 0 Å². The predicted molar refractivity (Wildman–Crippen MR) is 92.3 cm³/mol. The summed E-state index contributed by atoms with van der Waals surface area (Å²) in [6.45, 7) is 5.49. The molecular formula is C19H25NS. The second-order valence-electron chi connectivity index (χ2n) is 6.15. The van der Waals surface area contributed by atoms with Crippen LogP contribution in [-0.4, -0.2) is 6.54 Å². The van der Waals surface area contributed by atoms with Gasteiger partial charge in [-0.2, -0.15) is 0 Å². The van der Waals surface area contributed by atoms with Gasteiger partial charge in [0.25, 0.3) is 0 Å². The highest BCUT2D eigenvalue weighted by molar-refractivity contribution is 7.12. The summed E-state index contributed by atoms with van der Waals surface area (Å²) in [6, 6.07) is 11.9. The molecule has 1 aliphatic carbocycles. The first-order valence-corrected chi connectivity index (χ1v) is 8.98. The van der Waals surface area contributed by atoms with Crippen molar-refractivity contribution in [2.75, 3.05) is 6.54 Å². The smallest absolute Gasteiger partial charge is 0.0455 e. The molecule has 1 N–H and O–H groups in total. The lowest BCUT2D eigenvalue weighted by atomic mass is 10.0. The summed E-state index contributed by atoms with van der Waals surface area (Å²) in [5.41, 5.74) is 4.39. The van der Waals surface area contributed by atoms with Crippen molar-refractivity contribution in [1.29, 1.82) is 0 Å². The van der Waals surface area contributed by atoms with E-state index >= 15 is 0 Å². The van der Waals surface area contributed by atoms with Crippen LogP contribution in [0, 0.1) is 6.92 Å². The molecule has 3 rings (SSSR count). The van der Waals surface area contributed by atoms with Crippen molar-refractivity contribution in [3.8, 4) is 0 Å². The minimum Gasteiger partial charge on any atom is -0.309 e. The van der Waals surface area contributed by atoms with Gasteiger partial charge in [-0.05, 0) is 62.8 Å². The van der Waals surface area contributed by atoms with Crippen LogP contribution in [0.3, 0.4) is 0 Å². The molecule has 1 atom stereocenters. The molecule has 2 heteroatoms. The number of hydrogen-bond acceptors (Lipinski definition) is 2. The van der Waals surface area contributed by atoms with Crippen LogP contribution in [0.4, 0.5) is 0 Å². The normalized spacial score (nSPS) is 15.1. The second-order valence-corrected chi connectivity index (χ2v) is 7.32. The van der Waals surface area contributed by atoms with Gasteiger partial charge in [0, 0.05) is 15.8 Å². The first kappa shape index (κ1) is 14.8. The summed E-state index contributed by atoms with van der Waals surface area (Å²) < 4.78 is 0. The minimum absolute atomic E-state index is 0.475. The number of aryl methyl sites for hydroxylation is 3. The first-order chi connectivity index (χ1) is 10.3. The molecule has 1 aromatic carbocycles. The SMILES string of the molecule is CCCNC(Cc1ccc(C)cc1)c1cc2c(s1)CCC2. The highest BCUT2D eigenvalue weighted by atomic mass is 32.1. The average Bonchev–Trinajstić information content (AvgIpc) is 3.06. The van der Waals surface area contributed by atoms with E-state index in [4.69, 9.17) is 0 Å². The largest absolute Gasteiger partial charge is 0.309 e. The van der Waals surface area contributed by atoms with Gasteiger partial charge in [-0.15, -0.1) is 11.3 Å². The molecule has 21 heavy (non-hydrogen) atoms. The number of benzene rings is 1. The fraction of sp³-hybridized carbons (Fsp3) is 0.474. The number of fused-ring (bicyclic) bond motifs is 1. The van der Waals surface area contributed by atoms with Crippen molar-refractivity contribution >= 4 is 11.3 Å². The topological polar surface area (TPSA) is 12.0 Å². The molecule has 0 spiro atoms. The molecule has 1 unspecified atom stereocenters. The summed E-state index contributed by atoms with van der Waals surface area (Å²) >= 11 is 2.04. The Balaban J connectivity index is 1.77. The van der Waals surface area contributed by atoms with E-state index in [9.17, 15) is 0 Å². The third-order valence-electron chi connectivity index (χ3n) is 4.31. The van der Waals surface area contributed by atoms with Gasteiger partial charge in [-0.1, -0.05) is 36.8 Å². The lowest BCUT2D eigenvalue weighted by Gasteiger charge is -2.17. The molecular weight excluding hydrogens is 274 g/mol. The predicted octanol–water partition coefficient (Wildman–Crippen LogP) is 4.83. The zero-order chi connectivity index (χ0) is 14.7. The molecule has 2 aromatic rings. The molecule has 0 bridgehead atoms. The zero-order valence-corrected chi connectivity index (χ0v) is 13.9. The number of thiophene rings is 1. The third kappa shape index (κ3) is 3.56. The van der Waals surface area contributed by atoms with Crippen LogP contribution in [0.1, 0.15) is 52.3 Å². The third-order valence-corrected chi connectivity index (χ3v) is 5.66. The quantitative estimate of drug-likeness (QED) is 0.805. The lowest BCUT2D eigenvalue weighted by molar-refractivity contribution is 0.536. The fourth-order valence-corrected chi connectivity index (χ4v) is 4.41. The van der Waals surface area contributed by atoms with Crippen molar-refractivity contribution < 1.29 is 0 Å². The van der Waals surface area contributed by atoms with Gasteiger partial charge in [0.15, 0.2) is 0 Å². The van der Waals surface area contributed by atoms with Crippen LogP contribution in [0.25, 0.3) is 0 Å². The van der Waals surface area contributed by atoms with E-state index in [1.807, 2.05) is 11.3 Å².